The Bertz CT molecular complexity index is 645. The van der Waals surface area contributed by atoms with E-state index in [9.17, 15) is 13.2 Å². The van der Waals surface area contributed by atoms with Gasteiger partial charge in [0.1, 0.15) is 15.6 Å². The molecule has 1 aliphatic heterocycles. The molecule has 0 radical (unpaired) electrons. The summed E-state index contributed by atoms with van der Waals surface area (Å²) in [6.45, 7) is 2.36. The second kappa shape index (κ2) is 7.79. The minimum atomic E-state index is -2.93. The molecular formula is C16H24N2O4S. The summed E-state index contributed by atoms with van der Waals surface area (Å²) in [6, 6.07) is 7.55. The summed E-state index contributed by atoms with van der Waals surface area (Å²) < 4.78 is 28.2. The Balaban J connectivity index is 1.93. The molecule has 1 aliphatic rings. The van der Waals surface area contributed by atoms with Gasteiger partial charge in [-0.25, -0.2) is 8.42 Å². The molecule has 1 atom stereocenters. The summed E-state index contributed by atoms with van der Waals surface area (Å²) in [6.07, 6.45) is 3.27. The van der Waals surface area contributed by atoms with Crippen LogP contribution in [0.3, 0.4) is 0 Å². The zero-order chi connectivity index (χ0) is 16.9. The second-order valence-corrected chi connectivity index (χ2v) is 8.42. The van der Waals surface area contributed by atoms with Gasteiger partial charge in [0.05, 0.1) is 5.75 Å². The largest absolute Gasteiger partial charge is 0.484 e. The van der Waals surface area contributed by atoms with Crippen molar-refractivity contribution in [3.8, 4) is 5.75 Å². The summed E-state index contributed by atoms with van der Waals surface area (Å²) in [5.74, 6) is 0.569. The molecule has 2 rings (SSSR count). The molecule has 1 heterocycles. The standard InChI is InChI=1S/C16H24N2O4S/c1-23(20,21)12-14-5-3-7-18(10-14)9-13-4-2-6-15(8-13)22-11-16(17)19/h2,4,6,8,14H,3,5,7,9-12H2,1H3,(H2,17,19)/t14-/m1/s1. The molecule has 23 heavy (non-hydrogen) atoms. The fourth-order valence-corrected chi connectivity index (χ4v) is 4.13. The molecule has 1 amide bonds. The Hall–Kier alpha value is -1.60. The summed E-state index contributed by atoms with van der Waals surface area (Å²) in [4.78, 5) is 13.0. The summed E-state index contributed by atoms with van der Waals surface area (Å²) >= 11 is 0. The Morgan fingerprint density at radius 2 is 2.22 bits per heavy atom. The van der Waals surface area contributed by atoms with Crippen LogP contribution < -0.4 is 10.5 Å². The first-order chi connectivity index (χ1) is 10.8. The van der Waals surface area contributed by atoms with E-state index in [2.05, 4.69) is 4.90 Å². The number of benzene rings is 1. The topological polar surface area (TPSA) is 89.7 Å². The number of carbonyl (C=O) groups excluding carboxylic acids is 1. The molecule has 0 unspecified atom stereocenters. The fraction of sp³-hybridized carbons (Fsp3) is 0.562. The van der Waals surface area contributed by atoms with Crippen molar-refractivity contribution in [2.45, 2.75) is 19.4 Å². The van der Waals surface area contributed by atoms with Gasteiger partial charge in [0.25, 0.3) is 5.91 Å². The van der Waals surface area contributed by atoms with Crippen LogP contribution in [0.2, 0.25) is 0 Å². The van der Waals surface area contributed by atoms with Crippen molar-refractivity contribution in [1.82, 2.24) is 4.90 Å². The van der Waals surface area contributed by atoms with Crippen LogP contribution in [-0.4, -0.2) is 50.9 Å². The lowest BCUT2D eigenvalue weighted by molar-refractivity contribution is -0.119. The molecule has 6 nitrogen and oxygen atoms in total. The zero-order valence-corrected chi connectivity index (χ0v) is 14.2. The lowest BCUT2D eigenvalue weighted by atomic mass is 9.99. The van der Waals surface area contributed by atoms with Gasteiger partial charge in [-0.15, -0.1) is 0 Å². The van der Waals surface area contributed by atoms with E-state index in [1.54, 1.807) is 6.07 Å². The van der Waals surface area contributed by atoms with Gasteiger partial charge in [-0.05, 0) is 43.0 Å². The first kappa shape index (κ1) is 17.7. The predicted octanol–water partition coefficient (Wildman–Crippen LogP) is 0.807. The first-order valence-electron chi connectivity index (χ1n) is 7.72. The molecule has 1 aromatic carbocycles. The van der Waals surface area contributed by atoms with Crippen molar-refractivity contribution in [2.75, 3.05) is 31.7 Å². The number of sulfone groups is 1. The molecule has 0 saturated carbocycles. The number of hydrogen-bond donors (Lipinski definition) is 1. The molecular weight excluding hydrogens is 316 g/mol. The maximum absolute atomic E-state index is 11.5. The number of primary amides is 1. The van der Waals surface area contributed by atoms with Crippen LogP contribution in [0.15, 0.2) is 24.3 Å². The van der Waals surface area contributed by atoms with Crippen LogP contribution in [0.5, 0.6) is 5.75 Å². The van der Waals surface area contributed by atoms with Gasteiger partial charge in [0, 0.05) is 19.3 Å². The van der Waals surface area contributed by atoms with E-state index < -0.39 is 15.7 Å². The summed E-state index contributed by atoms with van der Waals surface area (Å²) in [5.41, 5.74) is 6.15. The van der Waals surface area contributed by atoms with Gasteiger partial charge in [-0.3, -0.25) is 9.69 Å². The highest BCUT2D eigenvalue weighted by Gasteiger charge is 2.23. The van der Waals surface area contributed by atoms with E-state index in [-0.39, 0.29) is 18.3 Å². The lowest BCUT2D eigenvalue weighted by Crippen LogP contribution is -2.37. The zero-order valence-electron chi connectivity index (χ0n) is 13.4. The number of rotatable bonds is 7. The second-order valence-electron chi connectivity index (χ2n) is 6.24. The van der Waals surface area contributed by atoms with Gasteiger partial charge in [-0.1, -0.05) is 12.1 Å². The minimum Gasteiger partial charge on any atom is -0.484 e. The van der Waals surface area contributed by atoms with Gasteiger partial charge in [-0.2, -0.15) is 0 Å². The first-order valence-corrected chi connectivity index (χ1v) is 9.78. The Morgan fingerprint density at radius 3 is 2.91 bits per heavy atom. The van der Waals surface area contributed by atoms with Gasteiger partial charge in [0.15, 0.2) is 6.61 Å². The quantitative estimate of drug-likeness (QED) is 0.793. The maximum atomic E-state index is 11.5. The van der Waals surface area contributed by atoms with Gasteiger partial charge in [0.2, 0.25) is 0 Å². The van der Waals surface area contributed by atoms with Crippen molar-refractivity contribution in [2.24, 2.45) is 11.7 Å². The number of nitrogens with zero attached hydrogens (tertiary/aromatic N) is 1. The normalized spacial score (nSPS) is 19.4. The van der Waals surface area contributed by atoms with Crippen LogP contribution >= 0.6 is 0 Å². The summed E-state index contributed by atoms with van der Waals surface area (Å²) in [5, 5.41) is 0. The van der Waals surface area contributed by atoms with Crippen LogP contribution in [0.1, 0.15) is 18.4 Å². The average molecular weight is 340 g/mol. The van der Waals surface area contributed by atoms with E-state index in [1.165, 1.54) is 6.26 Å². The number of likely N-dealkylation sites (tertiary alicyclic amines) is 1. The predicted molar refractivity (Wildman–Crippen MR) is 88.8 cm³/mol. The molecule has 128 valence electrons. The highest BCUT2D eigenvalue weighted by Crippen LogP contribution is 2.21. The van der Waals surface area contributed by atoms with Crippen molar-refractivity contribution < 1.29 is 17.9 Å². The van der Waals surface area contributed by atoms with Crippen LogP contribution in [-0.2, 0) is 21.2 Å². The van der Waals surface area contributed by atoms with Gasteiger partial charge >= 0.3 is 0 Å². The molecule has 2 N–H and O–H groups in total. The lowest BCUT2D eigenvalue weighted by Gasteiger charge is -2.32. The van der Waals surface area contributed by atoms with E-state index in [4.69, 9.17) is 10.5 Å². The average Bonchev–Trinajstić information content (AvgIpc) is 2.44. The van der Waals surface area contributed by atoms with E-state index in [0.29, 0.717) is 5.75 Å². The Labute approximate surface area is 137 Å². The van der Waals surface area contributed by atoms with Crippen molar-refractivity contribution in [3.05, 3.63) is 29.8 Å². The molecule has 0 aliphatic carbocycles. The minimum absolute atomic E-state index is 0.135. The Kier molecular flexibility index (Phi) is 6.01. The van der Waals surface area contributed by atoms with Crippen molar-refractivity contribution in [3.63, 3.8) is 0 Å². The molecule has 1 aromatic rings. The van der Waals surface area contributed by atoms with Crippen LogP contribution in [0.4, 0.5) is 0 Å². The monoisotopic (exact) mass is 340 g/mol. The highest BCUT2D eigenvalue weighted by atomic mass is 32.2. The number of ether oxygens (including phenoxy) is 1. The number of nitrogens with two attached hydrogens (primary N) is 1. The smallest absolute Gasteiger partial charge is 0.255 e. The van der Waals surface area contributed by atoms with Crippen LogP contribution in [0, 0.1) is 5.92 Å². The number of hydrogen-bond acceptors (Lipinski definition) is 5. The number of amides is 1. The molecule has 7 heteroatoms. The molecule has 1 saturated heterocycles. The van der Waals surface area contributed by atoms with E-state index in [0.717, 1.165) is 38.0 Å². The van der Waals surface area contributed by atoms with Crippen LogP contribution in [0.25, 0.3) is 0 Å². The third-order valence-corrected chi connectivity index (χ3v) is 4.90. The SMILES string of the molecule is CS(=O)(=O)C[C@@H]1CCCN(Cc2cccc(OCC(N)=O)c2)C1. The van der Waals surface area contributed by atoms with E-state index >= 15 is 0 Å². The molecule has 0 aromatic heterocycles. The van der Waals surface area contributed by atoms with E-state index in [1.807, 2.05) is 18.2 Å². The molecule has 0 bridgehead atoms. The highest BCUT2D eigenvalue weighted by molar-refractivity contribution is 7.90. The number of carbonyl (C=O) groups is 1. The Morgan fingerprint density at radius 1 is 1.43 bits per heavy atom. The third kappa shape index (κ3) is 6.58. The van der Waals surface area contributed by atoms with Gasteiger partial charge < -0.3 is 10.5 Å². The molecule has 0 spiro atoms. The molecule has 1 fully saturated rings. The van der Waals surface area contributed by atoms with Crippen molar-refractivity contribution >= 4 is 15.7 Å². The summed E-state index contributed by atoms with van der Waals surface area (Å²) in [7, 11) is -2.93. The number of piperidine rings is 1. The maximum Gasteiger partial charge on any atom is 0.255 e. The van der Waals surface area contributed by atoms with Crippen molar-refractivity contribution in [1.29, 1.82) is 0 Å². The fourth-order valence-electron chi connectivity index (χ4n) is 3.01. The third-order valence-electron chi connectivity index (χ3n) is 3.83.